The fraction of sp³-hybridized carbons (Fsp3) is 0.267. The van der Waals surface area contributed by atoms with Gasteiger partial charge in [-0.2, -0.15) is 0 Å². The standard InChI is InChI=1S/C15H16ClFN2O/c1-10(2)18-8-11-7-15(19-9-12(11)16)20-14-6-4-3-5-13(14)17/h3-7,9-10,18H,8H2,1-2H3. The topological polar surface area (TPSA) is 34.1 Å². The van der Waals surface area contributed by atoms with E-state index in [1.807, 2.05) is 13.8 Å². The summed E-state index contributed by atoms with van der Waals surface area (Å²) in [5.74, 6) is 0.0382. The van der Waals surface area contributed by atoms with E-state index in [-0.39, 0.29) is 5.75 Å². The molecule has 0 aliphatic rings. The van der Waals surface area contributed by atoms with Gasteiger partial charge in [-0.15, -0.1) is 0 Å². The highest BCUT2D eigenvalue weighted by molar-refractivity contribution is 6.31. The number of nitrogens with one attached hydrogen (secondary N) is 1. The summed E-state index contributed by atoms with van der Waals surface area (Å²) in [6.07, 6.45) is 1.51. The van der Waals surface area contributed by atoms with Gasteiger partial charge in [-0.1, -0.05) is 37.6 Å². The predicted octanol–water partition coefficient (Wildman–Crippen LogP) is 4.16. The molecule has 20 heavy (non-hydrogen) atoms. The number of para-hydroxylation sites is 1. The normalized spacial score (nSPS) is 10.8. The molecule has 1 aromatic carbocycles. The number of nitrogens with zero attached hydrogens (tertiary/aromatic N) is 1. The summed E-state index contributed by atoms with van der Waals surface area (Å²) in [5.41, 5.74) is 0.863. The van der Waals surface area contributed by atoms with Crippen LogP contribution in [0.15, 0.2) is 36.5 Å². The van der Waals surface area contributed by atoms with Crippen molar-refractivity contribution in [1.29, 1.82) is 0 Å². The average molecular weight is 295 g/mol. The van der Waals surface area contributed by atoms with Gasteiger partial charge in [0.2, 0.25) is 5.88 Å². The summed E-state index contributed by atoms with van der Waals surface area (Å²) < 4.78 is 19.0. The van der Waals surface area contributed by atoms with Crippen LogP contribution in [0.2, 0.25) is 5.02 Å². The first kappa shape index (κ1) is 14.8. The second kappa shape index (κ2) is 6.68. The van der Waals surface area contributed by atoms with E-state index in [9.17, 15) is 4.39 Å². The zero-order valence-electron chi connectivity index (χ0n) is 11.4. The molecule has 1 heterocycles. The molecule has 0 aliphatic heterocycles. The number of aromatic nitrogens is 1. The molecule has 3 nitrogen and oxygen atoms in total. The van der Waals surface area contributed by atoms with Gasteiger partial charge in [0, 0.05) is 24.8 Å². The number of halogens is 2. The van der Waals surface area contributed by atoms with Gasteiger partial charge in [-0.25, -0.2) is 9.37 Å². The molecule has 0 unspecified atom stereocenters. The quantitative estimate of drug-likeness (QED) is 0.899. The zero-order chi connectivity index (χ0) is 14.5. The molecule has 1 N–H and O–H groups in total. The average Bonchev–Trinajstić information content (AvgIpc) is 2.42. The minimum Gasteiger partial charge on any atom is -0.436 e. The van der Waals surface area contributed by atoms with Gasteiger partial charge in [0.25, 0.3) is 0 Å². The third kappa shape index (κ3) is 3.92. The van der Waals surface area contributed by atoms with E-state index in [1.54, 1.807) is 24.3 Å². The van der Waals surface area contributed by atoms with Gasteiger partial charge in [-0.05, 0) is 17.7 Å². The molecule has 0 spiro atoms. The van der Waals surface area contributed by atoms with E-state index >= 15 is 0 Å². The molecule has 0 aliphatic carbocycles. The van der Waals surface area contributed by atoms with Crippen LogP contribution in [0.3, 0.4) is 0 Å². The second-order valence-electron chi connectivity index (χ2n) is 4.68. The highest BCUT2D eigenvalue weighted by Crippen LogP contribution is 2.25. The van der Waals surface area contributed by atoms with Gasteiger partial charge in [0.15, 0.2) is 11.6 Å². The lowest BCUT2D eigenvalue weighted by atomic mass is 10.2. The van der Waals surface area contributed by atoms with Crippen molar-refractivity contribution in [3.63, 3.8) is 0 Å². The maximum atomic E-state index is 13.5. The number of rotatable bonds is 5. The molecule has 1 aromatic heterocycles. The van der Waals surface area contributed by atoms with Crippen LogP contribution in [0.5, 0.6) is 11.6 Å². The van der Waals surface area contributed by atoms with Crippen LogP contribution >= 0.6 is 11.6 Å². The number of benzene rings is 1. The first-order valence-corrected chi connectivity index (χ1v) is 6.74. The van der Waals surface area contributed by atoms with Crippen molar-refractivity contribution in [3.8, 4) is 11.6 Å². The molecule has 2 rings (SSSR count). The summed E-state index contributed by atoms with van der Waals surface area (Å²) in [6.45, 7) is 4.70. The van der Waals surface area contributed by atoms with Gasteiger partial charge in [0.1, 0.15) is 0 Å². The molecule has 0 amide bonds. The Morgan fingerprint density at radius 1 is 1.35 bits per heavy atom. The van der Waals surface area contributed by atoms with Crippen LogP contribution in [-0.2, 0) is 6.54 Å². The minimum atomic E-state index is -0.425. The summed E-state index contributed by atoms with van der Waals surface area (Å²) in [7, 11) is 0. The number of hydrogen-bond acceptors (Lipinski definition) is 3. The first-order chi connectivity index (χ1) is 9.56. The summed E-state index contributed by atoms with van der Waals surface area (Å²) in [4.78, 5) is 4.05. The van der Waals surface area contributed by atoms with Crippen LogP contribution in [0.1, 0.15) is 19.4 Å². The Balaban J connectivity index is 2.17. The Labute approximate surface area is 122 Å². The van der Waals surface area contributed by atoms with E-state index < -0.39 is 5.82 Å². The number of hydrogen-bond donors (Lipinski definition) is 1. The molecule has 0 saturated carbocycles. The Hall–Kier alpha value is -1.65. The Bertz CT molecular complexity index is 590. The third-order valence-electron chi connectivity index (χ3n) is 2.66. The van der Waals surface area contributed by atoms with Crippen LogP contribution in [0.25, 0.3) is 0 Å². The predicted molar refractivity (Wildman–Crippen MR) is 77.7 cm³/mol. The number of pyridine rings is 1. The van der Waals surface area contributed by atoms with Crippen molar-refractivity contribution in [2.24, 2.45) is 0 Å². The van der Waals surface area contributed by atoms with Crippen LogP contribution in [0, 0.1) is 5.82 Å². The molecule has 0 saturated heterocycles. The maximum Gasteiger partial charge on any atom is 0.219 e. The van der Waals surface area contributed by atoms with Crippen molar-refractivity contribution in [2.45, 2.75) is 26.4 Å². The highest BCUT2D eigenvalue weighted by Gasteiger charge is 2.08. The largest absolute Gasteiger partial charge is 0.436 e. The molecule has 106 valence electrons. The fourth-order valence-corrected chi connectivity index (χ4v) is 1.77. The van der Waals surface area contributed by atoms with Crippen molar-refractivity contribution >= 4 is 11.6 Å². The van der Waals surface area contributed by atoms with Gasteiger partial charge in [0.05, 0.1) is 5.02 Å². The Morgan fingerprint density at radius 3 is 2.80 bits per heavy atom. The molecule has 0 atom stereocenters. The fourth-order valence-electron chi connectivity index (χ4n) is 1.60. The SMILES string of the molecule is CC(C)NCc1cc(Oc2ccccc2F)ncc1Cl. The lowest BCUT2D eigenvalue weighted by Crippen LogP contribution is -2.22. The highest BCUT2D eigenvalue weighted by atomic mass is 35.5. The Morgan fingerprint density at radius 2 is 2.10 bits per heavy atom. The molecule has 5 heteroatoms. The van der Waals surface area contributed by atoms with Gasteiger partial charge >= 0.3 is 0 Å². The van der Waals surface area contributed by atoms with Crippen molar-refractivity contribution in [3.05, 3.63) is 52.9 Å². The van der Waals surface area contributed by atoms with E-state index in [0.29, 0.717) is 23.5 Å². The molecule has 0 fully saturated rings. The Kier molecular flexibility index (Phi) is 4.93. The summed E-state index contributed by atoms with van der Waals surface area (Å²) in [6, 6.07) is 8.26. The maximum absolute atomic E-state index is 13.5. The molecule has 2 aromatic rings. The second-order valence-corrected chi connectivity index (χ2v) is 5.09. The van der Waals surface area contributed by atoms with Crippen molar-refractivity contribution < 1.29 is 9.13 Å². The van der Waals surface area contributed by atoms with Gasteiger partial charge in [-0.3, -0.25) is 0 Å². The summed E-state index contributed by atoms with van der Waals surface area (Å²) >= 11 is 6.08. The smallest absolute Gasteiger partial charge is 0.219 e. The number of ether oxygens (including phenoxy) is 1. The van der Waals surface area contributed by atoms with E-state index in [2.05, 4.69) is 10.3 Å². The first-order valence-electron chi connectivity index (χ1n) is 6.36. The van der Waals surface area contributed by atoms with Crippen molar-refractivity contribution in [1.82, 2.24) is 10.3 Å². The zero-order valence-corrected chi connectivity index (χ0v) is 12.1. The van der Waals surface area contributed by atoms with E-state index in [0.717, 1.165) is 5.56 Å². The van der Waals surface area contributed by atoms with Gasteiger partial charge < -0.3 is 10.1 Å². The molecule has 0 radical (unpaired) electrons. The monoisotopic (exact) mass is 294 g/mol. The lowest BCUT2D eigenvalue weighted by molar-refractivity contribution is 0.426. The van der Waals surface area contributed by atoms with Crippen LogP contribution in [-0.4, -0.2) is 11.0 Å². The van der Waals surface area contributed by atoms with E-state index in [4.69, 9.17) is 16.3 Å². The van der Waals surface area contributed by atoms with Crippen LogP contribution < -0.4 is 10.1 Å². The van der Waals surface area contributed by atoms with E-state index in [1.165, 1.54) is 12.3 Å². The molecule has 0 bridgehead atoms. The minimum absolute atomic E-state index is 0.144. The lowest BCUT2D eigenvalue weighted by Gasteiger charge is -2.11. The molecular weight excluding hydrogens is 279 g/mol. The molecular formula is C15H16ClFN2O. The summed E-state index contributed by atoms with van der Waals surface area (Å²) in [5, 5.41) is 3.82. The van der Waals surface area contributed by atoms with Crippen LogP contribution in [0.4, 0.5) is 4.39 Å². The van der Waals surface area contributed by atoms with Crippen molar-refractivity contribution in [2.75, 3.05) is 0 Å². The third-order valence-corrected chi connectivity index (χ3v) is 3.00.